The summed E-state index contributed by atoms with van der Waals surface area (Å²) in [4.78, 5) is 11.9. The summed E-state index contributed by atoms with van der Waals surface area (Å²) in [5, 5.41) is 9.22. The molecule has 1 aromatic rings. The molecule has 0 aliphatic carbocycles. The number of amides is 1. The van der Waals surface area contributed by atoms with Gasteiger partial charge in [-0.05, 0) is 19.1 Å². The Labute approximate surface area is 112 Å². The van der Waals surface area contributed by atoms with Gasteiger partial charge in [0.15, 0.2) is 0 Å². The summed E-state index contributed by atoms with van der Waals surface area (Å²) in [7, 11) is -3.92. The van der Waals surface area contributed by atoms with Gasteiger partial charge in [-0.25, -0.2) is 12.7 Å². The number of benzene rings is 1. The van der Waals surface area contributed by atoms with E-state index < -0.39 is 28.6 Å². The maximum Gasteiger partial charge on any atom is 0.267 e. The zero-order chi connectivity index (χ0) is 14.0. The highest BCUT2D eigenvalue weighted by Gasteiger charge is 2.35. The average Bonchev–Trinajstić information content (AvgIpc) is 2.38. The van der Waals surface area contributed by atoms with Crippen molar-refractivity contribution in [2.45, 2.75) is 24.3 Å². The van der Waals surface area contributed by atoms with Gasteiger partial charge in [0, 0.05) is 6.42 Å². The first kappa shape index (κ1) is 13.8. The third kappa shape index (κ3) is 2.54. The number of hydrogen-bond donors (Lipinski definition) is 1. The van der Waals surface area contributed by atoms with E-state index in [1.807, 2.05) is 6.92 Å². The van der Waals surface area contributed by atoms with Gasteiger partial charge in [0.05, 0.1) is 17.5 Å². The van der Waals surface area contributed by atoms with Crippen LogP contribution in [-0.2, 0) is 14.8 Å². The van der Waals surface area contributed by atoms with Crippen molar-refractivity contribution < 1.29 is 18.3 Å². The SMILES string of the molecule is Cc1ccc(S(=O)(=O)N2C(=O)CC=CC2CO)cc1. The zero-order valence-electron chi connectivity index (χ0n) is 10.5. The molecule has 1 atom stereocenters. The van der Waals surface area contributed by atoms with Gasteiger partial charge in [-0.15, -0.1) is 0 Å². The van der Waals surface area contributed by atoms with Crippen LogP contribution in [0.4, 0.5) is 0 Å². The Balaban J connectivity index is 2.45. The molecule has 0 aromatic heterocycles. The van der Waals surface area contributed by atoms with Crippen LogP contribution in [0.15, 0.2) is 41.3 Å². The van der Waals surface area contributed by atoms with E-state index in [-0.39, 0.29) is 11.3 Å². The highest BCUT2D eigenvalue weighted by Crippen LogP contribution is 2.23. The van der Waals surface area contributed by atoms with Crippen molar-refractivity contribution in [2.24, 2.45) is 0 Å². The molecule has 19 heavy (non-hydrogen) atoms. The van der Waals surface area contributed by atoms with E-state index in [0.717, 1.165) is 9.87 Å². The number of nitrogens with zero attached hydrogens (tertiary/aromatic N) is 1. The van der Waals surface area contributed by atoms with Crippen molar-refractivity contribution in [1.82, 2.24) is 4.31 Å². The average molecular weight is 281 g/mol. The Bertz CT molecular complexity index is 604. The van der Waals surface area contributed by atoms with Crippen molar-refractivity contribution >= 4 is 15.9 Å². The first-order valence-corrected chi connectivity index (χ1v) is 7.32. The van der Waals surface area contributed by atoms with Gasteiger partial charge in [-0.1, -0.05) is 29.8 Å². The standard InChI is InChI=1S/C13H15NO4S/c1-10-5-7-12(8-6-10)19(17,18)14-11(9-15)3-2-4-13(14)16/h2-3,5-8,11,15H,4,9H2,1H3. The Kier molecular flexibility index (Phi) is 3.73. The maximum absolute atomic E-state index is 12.4. The molecule has 1 N–H and O–H groups in total. The number of carbonyl (C=O) groups is 1. The predicted molar refractivity (Wildman–Crippen MR) is 69.8 cm³/mol. The normalized spacial score (nSPS) is 19.8. The number of sulfonamides is 1. The predicted octanol–water partition coefficient (Wildman–Crippen LogP) is 0.833. The number of hydrogen-bond acceptors (Lipinski definition) is 4. The van der Waals surface area contributed by atoms with E-state index in [0.29, 0.717) is 0 Å². The molecule has 1 heterocycles. The Morgan fingerprint density at radius 1 is 1.32 bits per heavy atom. The Morgan fingerprint density at radius 3 is 2.53 bits per heavy atom. The van der Waals surface area contributed by atoms with Crippen LogP contribution in [0.25, 0.3) is 0 Å². The summed E-state index contributed by atoms with van der Waals surface area (Å²) in [5.74, 6) is -0.526. The minimum atomic E-state index is -3.92. The quantitative estimate of drug-likeness (QED) is 0.833. The minimum Gasteiger partial charge on any atom is -0.394 e. The summed E-state index contributed by atoms with van der Waals surface area (Å²) in [6.07, 6.45) is 3.14. The van der Waals surface area contributed by atoms with E-state index in [1.165, 1.54) is 18.2 Å². The van der Waals surface area contributed by atoms with E-state index in [1.54, 1.807) is 18.2 Å². The molecule has 5 nitrogen and oxygen atoms in total. The monoisotopic (exact) mass is 281 g/mol. The van der Waals surface area contributed by atoms with E-state index in [2.05, 4.69) is 0 Å². The largest absolute Gasteiger partial charge is 0.394 e. The first-order valence-electron chi connectivity index (χ1n) is 5.88. The topological polar surface area (TPSA) is 74.7 Å². The fourth-order valence-corrected chi connectivity index (χ4v) is 3.49. The van der Waals surface area contributed by atoms with Gasteiger partial charge in [0.25, 0.3) is 10.0 Å². The van der Waals surface area contributed by atoms with Crippen LogP contribution in [-0.4, -0.2) is 36.4 Å². The fraction of sp³-hybridized carbons (Fsp3) is 0.308. The lowest BCUT2D eigenvalue weighted by molar-refractivity contribution is -0.127. The minimum absolute atomic E-state index is 0.0294. The third-order valence-electron chi connectivity index (χ3n) is 2.96. The van der Waals surface area contributed by atoms with Crippen LogP contribution in [0.1, 0.15) is 12.0 Å². The lowest BCUT2D eigenvalue weighted by Gasteiger charge is -2.30. The molecule has 2 rings (SSSR count). The molecular weight excluding hydrogens is 266 g/mol. The second-order valence-electron chi connectivity index (χ2n) is 4.39. The summed E-state index contributed by atoms with van der Waals surface area (Å²) in [6.45, 7) is 1.43. The molecule has 0 spiro atoms. The molecule has 102 valence electrons. The van der Waals surface area contributed by atoms with E-state index in [4.69, 9.17) is 0 Å². The second-order valence-corrected chi connectivity index (χ2v) is 6.20. The van der Waals surface area contributed by atoms with Crippen LogP contribution < -0.4 is 0 Å². The number of aliphatic hydroxyl groups excluding tert-OH is 1. The van der Waals surface area contributed by atoms with Gasteiger partial charge in [-0.2, -0.15) is 0 Å². The van der Waals surface area contributed by atoms with Gasteiger partial charge in [-0.3, -0.25) is 4.79 Å². The molecule has 0 saturated carbocycles. The second kappa shape index (κ2) is 5.14. The molecule has 0 fully saturated rings. The van der Waals surface area contributed by atoms with Crippen LogP contribution in [0.3, 0.4) is 0 Å². The van der Waals surface area contributed by atoms with Gasteiger partial charge >= 0.3 is 0 Å². The number of rotatable bonds is 3. The first-order chi connectivity index (χ1) is 8.96. The van der Waals surface area contributed by atoms with Crippen molar-refractivity contribution in [3.8, 4) is 0 Å². The number of carbonyl (C=O) groups excluding carboxylic acids is 1. The third-order valence-corrected chi connectivity index (χ3v) is 4.82. The van der Waals surface area contributed by atoms with Crippen molar-refractivity contribution in [2.75, 3.05) is 6.61 Å². The van der Waals surface area contributed by atoms with Crippen molar-refractivity contribution in [1.29, 1.82) is 0 Å². The molecule has 1 aliphatic rings. The van der Waals surface area contributed by atoms with Crippen molar-refractivity contribution in [3.05, 3.63) is 42.0 Å². The zero-order valence-corrected chi connectivity index (χ0v) is 11.3. The van der Waals surface area contributed by atoms with Crippen LogP contribution >= 0.6 is 0 Å². The Morgan fingerprint density at radius 2 is 1.95 bits per heavy atom. The highest BCUT2D eigenvalue weighted by molar-refractivity contribution is 7.89. The molecule has 1 amide bonds. The lowest BCUT2D eigenvalue weighted by Crippen LogP contribution is -2.47. The summed E-state index contributed by atoms with van der Waals surface area (Å²) >= 11 is 0. The molecule has 1 unspecified atom stereocenters. The maximum atomic E-state index is 12.4. The number of aliphatic hydroxyl groups is 1. The highest BCUT2D eigenvalue weighted by atomic mass is 32.2. The molecule has 6 heteroatoms. The summed E-state index contributed by atoms with van der Waals surface area (Å²) < 4.78 is 25.6. The molecule has 0 saturated heterocycles. The van der Waals surface area contributed by atoms with Crippen LogP contribution in [0, 0.1) is 6.92 Å². The Hall–Kier alpha value is -1.66. The smallest absolute Gasteiger partial charge is 0.267 e. The lowest BCUT2D eigenvalue weighted by atomic mass is 10.2. The molecule has 0 bridgehead atoms. The molecule has 1 aromatic carbocycles. The van der Waals surface area contributed by atoms with Crippen molar-refractivity contribution in [3.63, 3.8) is 0 Å². The molecule has 1 aliphatic heterocycles. The number of aryl methyl sites for hydroxylation is 1. The summed E-state index contributed by atoms with van der Waals surface area (Å²) in [5.41, 5.74) is 0.933. The fourth-order valence-electron chi connectivity index (χ4n) is 1.95. The van der Waals surface area contributed by atoms with Gasteiger partial charge in [0.1, 0.15) is 0 Å². The molecular formula is C13H15NO4S. The molecule has 0 radical (unpaired) electrons. The van der Waals surface area contributed by atoms with E-state index >= 15 is 0 Å². The van der Waals surface area contributed by atoms with Crippen LogP contribution in [0.5, 0.6) is 0 Å². The van der Waals surface area contributed by atoms with Crippen LogP contribution in [0.2, 0.25) is 0 Å². The van der Waals surface area contributed by atoms with Gasteiger partial charge < -0.3 is 5.11 Å². The van der Waals surface area contributed by atoms with Gasteiger partial charge in [0.2, 0.25) is 5.91 Å². The van der Waals surface area contributed by atoms with E-state index in [9.17, 15) is 18.3 Å². The summed E-state index contributed by atoms with van der Waals surface area (Å²) in [6, 6.07) is 5.44.